The van der Waals surface area contributed by atoms with Crippen molar-refractivity contribution in [2.45, 2.75) is 26.3 Å². The molecule has 0 fully saturated rings. The van der Waals surface area contributed by atoms with Crippen LogP contribution in [0, 0.1) is 0 Å². The maximum atomic E-state index is 12.0. The molecular weight excluding hydrogens is 326 g/mol. The Kier molecular flexibility index (Phi) is 9.26. The maximum absolute atomic E-state index is 12.0. The molecule has 0 saturated heterocycles. The van der Waals surface area contributed by atoms with Crippen LogP contribution in [0.2, 0.25) is 0 Å². The standard InChI is InChI=1S/C17H27N3O3S/c1-4-20(5-2)16(21)12-23-14-8-6-7-13(11-14)19-17(22)15(18)9-10-24-3/h6-8,11,15H,4-5,9-10,12,18H2,1-3H3,(H,19,22)/t15-/m0/s1. The van der Waals surface area contributed by atoms with E-state index in [0.717, 1.165) is 5.75 Å². The van der Waals surface area contributed by atoms with Gasteiger partial charge in [0.25, 0.3) is 5.91 Å². The fourth-order valence-corrected chi connectivity index (χ4v) is 2.58. The van der Waals surface area contributed by atoms with Crippen LogP contribution in [0.25, 0.3) is 0 Å². The summed E-state index contributed by atoms with van der Waals surface area (Å²) < 4.78 is 5.52. The first-order valence-electron chi connectivity index (χ1n) is 8.07. The van der Waals surface area contributed by atoms with Crippen molar-refractivity contribution in [3.63, 3.8) is 0 Å². The van der Waals surface area contributed by atoms with E-state index in [1.807, 2.05) is 20.1 Å². The number of amides is 2. The van der Waals surface area contributed by atoms with Crippen molar-refractivity contribution in [3.05, 3.63) is 24.3 Å². The molecule has 7 heteroatoms. The number of nitrogens with zero attached hydrogens (tertiary/aromatic N) is 1. The average molecular weight is 353 g/mol. The third-order valence-corrected chi connectivity index (χ3v) is 4.19. The molecule has 0 unspecified atom stereocenters. The summed E-state index contributed by atoms with van der Waals surface area (Å²) in [6, 6.07) is 6.43. The van der Waals surface area contributed by atoms with Crippen molar-refractivity contribution in [3.8, 4) is 5.75 Å². The summed E-state index contributed by atoms with van der Waals surface area (Å²) >= 11 is 1.66. The number of likely N-dealkylation sites (N-methyl/N-ethyl adjacent to an activating group) is 1. The molecule has 0 aliphatic carbocycles. The van der Waals surface area contributed by atoms with Crippen molar-refractivity contribution in [1.82, 2.24) is 4.90 Å². The summed E-state index contributed by atoms with van der Waals surface area (Å²) in [6.07, 6.45) is 2.60. The highest BCUT2D eigenvalue weighted by Crippen LogP contribution is 2.18. The third-order valence-electron chi connectivity index (χ3n) is 3.55. The molecule has 0 aromatic heterocycles. The molecule has 24 heavy (non-hydrogen) atoms. The van der Waals surface area contributed by atoms with Gasteiger partial charge in [0.15, 0.2) is 6.61 Å². The average Bonchev–Trinajstić information content (AvgIpc) is 2.59. The van der Waals surface area contributed by atoms with Gasteiger partial charge in [-0.25, -0.2) is 0 Å². The van der Waals surface area contributed by atoms with Gasteiger partial charge in [-0.15, -0.1) is 0 Å². The van der Waals surface area contributed by atoms with Gasteiger partial charge in [-0.05, 0) is 44.4 Å². The number of carbonyl (C=O) groups is 2. The highest BCUT2D eigenvalue weighted by Gasteiger charge is 2.14. The van der Waals surface area contributed by atoms with E-state index in [2.05, 4.69) is 5.32 Å². The second kappa shape index (κ2) is 10.9. The lowest BCUT2D eigenvalue weighted by molar-refractivity contribution is -0.133. The van der Waals surface area contributed by atoms with Gasteiger partial charge in [-0.1, -0.05) is 6.07 Å². The maximum Gasteiger partial charge on any atom is 0.260 e. The minimum absolute atomic E-state index is 0.0215. The Labute approximate surface area is 148 Å². The molecule has 0 saturated carbocycles. The number of anilines is 1. The van der Waals surface area contributed by atoms with Crippen LogP contribution in [-0.2, 0) is 9.59 Å². The first-order valence-corrected chi connectivity index (χ1v) is 9.47. The lowest BCUT2D eigenvalue weighted by Gasteiger charge is -2.18. The molecule has 0 spiro atoms. The van der Waals surface area contributed by atoms with E-state index in [0.29, 0.717) is 30.9 Å². The molecule has 6 nitrogen and oxygen atoms in total. The molecule has 0 heterocycles. The van der Waals surface area contributed by atoms with Gasteiger partial charge >= 0.3 is 0 Å². The fraction of sp³-hybridized carbons (Fsp3) is 0.529. The highest BCUT2D eigenvalue weighted by atomic mass is 32.2. The van der Waals surface area contributed by atoms with E-state index >= 15 is 0 Å². The van der Waals surface area contributed by atoms with Gasteiger partial charge < -0.3 is 20.7 Å². The largest absolute Gasteiger partial charge is 0.484 e. The van der Waals surface area contributed by atoms with Crippen LogP contribution >= 0.6 is 11.8 Å². The molecule has 134 valence electrons. The topological polar surface area (TPSA) is 84.7 Å². The highest BCUT2D eigenvalue weighted by molar-refractivity contribution is 7.98. The van der Waals surface area contributed by atoms with Crippen molar-refractivity contribution < 1.29 is 14.3 Å². The predicted molar refractivity (Wildman–Crippen MR) is 99.5 cm³/mol. The van der Waals surface area contributed by atoms with Crippen molar-refractivity contribution in [1.29, 1.82) is 0 Å². The normalized spacial score (nSPS) is 11.7. The van der Waals surface area contributed by atoms with Gasteiger partial charge in [-0.2, -0.15) is 11.8 Å². The molecule has 0 aliphatic rings. The predicted octanol–water partition coefficient (Wildman–Crippen LogP) is 1.95. The summed E-state index contributed by atoms with van der Waals surface area (Å²) in [5.74, 6) is 1.09. The number of benzene rings is 1. The number of rotatable bonds is 10. The van der Waals surface area contributed by atoms with E-state index in [1.165, 1.54) is 0 Å². The quantitative estimate of drug-likeness (QED) is 0.672. The van der Waals surface area contributed by atoms with E-state index in [4.69, 9.17) is 10.5 Å². The van der Waals surface area contributed by atoms with Crippen LogP contribution in [0.5, 0.6) is 5.75 Å². The van der Waals surface area contributed by atoms with Gasteiger partial charge in [-0.3, -0.25) is 9.59 Å². The molecule has 0 bridgehead atoms. The number of ether oxygens (including phenoxy) is 1. The number of nitrogens with two attached hydrogens (primary N) is 1. The Morgan fingerprint density at radius 3 is 2.67 bits per heavy atom. The van der Waals surface area contributed by atoms with Gasteiger partial charge in [0, 0.05) is 24.8 Å². The van der Waals surface area contributed by atoms with Gasteiger partial charge in [0.1, 0.15) is 5.75 Å². The Balaban J connectivity index is 2.57. The fourth-order valence-electron chi connectivity index (χ4n) is 2.09. The van der Waals surface area contributed by atoms with E-state index < -0.39 is 6.04 Å². The van der Waals surface area contributed by atoms with Crippen molar-refractivity contribution in [2.24, 2.45) is 5.73 Å². The molecule has 1 aromatic carbocycles. The monoisotopic (exact) mass is 353 g/mol. The number of nitrogens with one attached hydrogen (secondary N) is 1. The lowest BCUT2D eigenvalue weighted by Crippen LogP contribution is -2.36. The summed E-state index contributed by atoms with van der Waals surface area (Å²) in [4.78, 5) is 25.7. The Morgan fingerprint density at radius 1 is 1.33 bits per heavy atom. The SMILES string of the molecule is CCN(CC)C(=O)COc1cccc(NC(=O)[C@@H](N)CCSC)c1. The van der Waals surface area contributed by atoms with Gasteiger partial charge in [0.05, 0.1) is 6.04 Å². The first-order chi connectivity index (χ1) is 11.5. The van der Waals surface area contributed by atoms with Crippen LogP contribution < -0.4 is 15.8 Å². The molecule has 2 amide bonds. The molecule has 1 rings (SSSR count). The first kappa shape index (κ1) is 20.3. The van der Waals surface area contributed by atoms with Crippen LogP contribution in [0.3, 0.4) is 0 Å². The zero-order chi connectivity index (χ0) is 17.9. The minimum atomic E-state index is -0.536. The molecule has 0 aliphatic heterocycles. The Bertz CT molecular complexity index is 536. The van der Waals surface area contributed by atoms with Crippen LogP contribution in [0.1, 0.15) is 20.3 Å². The zero-order valence-corrected chi connectivity index (χ0v) is 15.4. The number of thioether (sulfide) groups is 1. The second-order valence-corrected chi connectivity index (χ2v) is 6.25. The van der Waals surface area contributed by atoms with E-state index in [1.54, 1.807) is 40.9 Å². The van der Waals surface area contributed by atoms with Crippen molar-refractivity contribution in [2.75, 3.05) is 37.0 Å². The zero-order valence-electron chi connectivity index (χ0n) is 14.6. The van der Waals surface area contributed by atoms with E-state index in [9.17, 15) is 9.59 Å². The lowest BCUT2D eigenvalue weighted by atomic mass is 10.2. The Hall–Kier alpha value is -1.73. The van der Waals surface area contributed by atoms with Crippen molar-refractivity contribution >= 4 is 29.3 Å². The van der Waals surface area contributed by atoms with Gasteiger partial charge in [0.2, 0.25) is 5.91 Å². The van der Waals surface area contributed by atoms with E-state index in [-0.39, 0.29) is 18.4 Å². The summed E-state index contributed by atoms with van der Waals surface area (Å²) in [7, 11) is 0. The molecule has 1 aromatic rings. The Morgan fingerprint density at radius 2 is 2.04 bits per heavy atom. The number of hydrogen-bond acceptors (Lipinski definition) is 5. The summed E-state index contributed by atoms with van der Waals surface area (Å²) in [5.41, 5.74) is 6.45. The van der Waals surface area contributed by atoms with Crippen LogP contribution in [-0.4, -0.2) is 54.5 Å². The molecule has 0 radical (unpaired) electrons. The summed E-state index contributed by atoms with van der Waals surface area (Å²) in [5, 5.41) is 2.78. The molecule has 3 N–H and O–H groups in total. The minimum Gasteiger partial charge on any atom is -0.484 e. The molecule has 1 atom stereocenters. The smallest absolute Gasteiger partial charge is 0.260 e. The number of hydrogen-bond donors (Lipinski definition) is 2. The number of carbonyl (C=O) groups excluding carboxylic acids is 2. The third kappa shape index (κ3) is 6.80. The van der Waals surface area contributed by atoms with Crippen LogP contribution in [0.15, 0.2) is 24.3 Å². The summed E-state index contributed by atoms with van der Waals surface area (Å²) in [6.45, 7) is 5.15. The van der Waals surface area contributed by atoms with Crippen LogP contribution in [0.4, 0.5) is 5.69 Å². The molecular formula is C17H27N3O3S. The second-order valence-electron chi connectivity index (χ2n) is 5.26.